The van der Waals surface area contributed by atoms with E-state index in [1.807, 2.05) is 19.9 Å². The van der Waals surface area contributed by atoms with Crippen LogP contribution in [0.2, 0.25) is 0 Å². The number of aryl methyl sites for hydroxylation is 1. The summed E-state index contributed by atoms with van der Waals surface area (Å²) in [5.41, 5.74) is 5.28. The molecule has 7 nitrogen and oxygen atoms in total. The lowest BCUT2D eigenvalue weighted by Crippen LogP contribution is -2.09. The van der Waals surface area contributed by atoms with Gasteiger partial charge in [-0.1, -0.05) is 6.92 Å². The molecule has 0 aliphatic carbocycles. The van der Waals surface area contributed by atoms with Gasteiger partial charge in [-0.3, -0.25) is 4.79 Å². The number of aromatic nitrogens is 4. The predicted octanol–water partition coefficient (Wildman–Crippen LogP) is 1.29. The van der Waals surface area contributed by atoms with Crippen LogP contribution in [0.15, 0.2) is 27.1 Å². The molecule has 106 valence electrons. The number of anilines is 2. The fourth-order valence-electron chi connectivity index (χ4n) is 1.56. The van der Waals surface area contributed by atoms with Gasteiger partial charge >= 0.3 is 0 Å². The van der Waals surface area contributed by atoms with Crippen molar-refractivity contribution in [1.82, 2.24) is 19.9 Å². The van der Waals surface area contributed by atoms with Crippen molar-refractivity contribution in [2.75, 3.05) is 17.6 Å². The second-order valence-electron chi connectivity index (χ2n) is 3.97. The van der Waals surface area contributed by atoms with E-state index in [4.69, 9.17) is 5.73 Å². The van der Waals surface area contributed by atoms with E-state index in [1.54, 1.807) is 0 Å². The molecule has 2 heterocycles. The van der Waals surface area contributed by atoms with Crippen LogP contribution in [0.5, 0.6) is 0 Å². The van der Waals surface area contributed by atoms with Gasteiger partial charge in [0.25, 0.3) is 5.56 Å². The summed E-state index contributed by atoms with van der Waals surface area (Å²) in [7, 11) is 0. The first-order valence-corrected chi connectivity index (χ1v) is 7.09. The number of rotatable bonds is 5. The molecule has 0 radical (unpaired) electrons. The smallest absolute Gasteiger partial charge is 0.253 e. The maximum atomic E-state index is 11.4. The van der Waals surface area contributed by atoms with Crippen LogP contribution in [-0.2, 0) is 6.42 Å². The lowest BCUT2D eigenvalue weighted by Gasteiger charge is -2.07. The van der Waals surface area contributed by atoms with Crippen LogP contribution in [0.4, 0.5) is 11.6 Å². The summed E-state index contributed by atoms with van der Waals surface area (Å²) in [6.07, 6.45) is 0.730. The standard InChI is InChI=1S/C12H16N6OS/c1-3-8-16-9(14-4-2)6-11(17-8)20-12-15-7(13)5-10(19)18-12/h5-6H,3-4H2,1-2H3,(H,14,16,17)(H3,13,15,18,19). The van der Waals surface area contributed by atoms with Crippen molar-refractivity contribution in [2.24, 2.45) is 0 Å². The summed E-state index contributed by atoms with van der Waals surface area (Å²) in [6, 6.07) is 3.06. The predicted molar refractivity (Wildman–Crippen MR) is 79.0 cm³/mol. The summed E-state index contributed by atoms with van der Waals surface area (Å²) < 4.78 is 0. The summed E-state index contributed by atoms with van der Waals surface area (Å²) in [5, 5.41) is 4.27. The van der Waals surface area contributed by atoms with Crippen LogP contribution in [0.1, 0.15) is 19.7 Å². The average molecular weight is 292 g/mol. The first-order valence-electron chi connectivity index (χ1n) is 6.27. The quantitative estimate of drug-likeness (QED) is 0.562. The van der Waals surface area contributed by atoms with Crippen LogP contribution in [0, 0.1) is 0 Å². The zero-order valence-electron chi connectivity index (χ0n) is 11.3. The third kappa shape index (κ3) is 3.70. The second kappa shape index (κ2) is 6.38. The number of H-pyrrole nitrogens is 1. The highest BCUT2D eigenvalue weighted by atomic mass is 32.2. The number of nitrogens with two attached hydrogens (primary N) is 1. The topological polar surface area (TPSA) is 110 Å². The Morgan fingerprint density at radius 1 is 1.30 bits per heavy atom. The Morgan fingerprint density at radius 3 is 2.75 bits per heavy atom. The highest BCUT2D eigenvalue weighted by Crippen LogP contribution is 2.24. The van der Waals surface area contributed by atoms with Gasteiger partial charge in [0.2, 0.25) is 0 Å². The van der Waals surface area contributed by atoms with Crippen molar-refractivity contribution >= 4 is 23.4 Å². The Kier molecular flexibility index (Phi) is 4.57. The molecule has 0 atom stereocenters. The van der Waals surface area contributed by atoms with Crippen molar-refractivity contribution in [3.63, 3.8) is 0 Å². The number of hydrogen-bond donors (Lipinski definition) is 3. The van der Waals surface area contributed by atoms with Crippen LogP contribution in [0.3, 0.4) is 0 Å². The van der Waals surface area contributed by atoms with Crippen molar-refractivity contribution < 1.29 is 0 Å². The molecule has 0 bridgehead atoms. The third-order valence-electron chi connectivity index (χ3n) is 2.36. The Balaban J connectivity index is 2.31. The van der Waals surface area contributed by atoms with E-state index in [-0.39, 0.29) is 11.4 Å². The number of aromatic amines is 1. The van der Waals surface area contributed by atoms with Gasteiger partial charge in [-0.05, 0) is 18.7 Å². The van der Waals surface area contributed by atoms with E-state index >= 15 is 0 Å². The van der Waals surface area contributed by atoms with Crippen LogP contribution in [-0.4, -0.2) is 26.5 Å². The molecule has 0 amide bonds. The molecule has 0 aromatic carbocycles. The molecule has 0 fully saturated rings. The molecule has 2 rings (SSSR count). The van der Waals surface area contributed by atoms with Gasteiger partial charge in [0.15, 0.2) is 5.16 Å². The number of nitrogens with zero attached hydrogens (tertiary/aromatic N) is 3. The van der Waals surface area contributed by atoms with E-state index in [2.05, 4.69) is 25.3 Å². The van der Waals surface area contributed by atoms with Crippen LogP contribution >= 0.6 is 11.8 Å². The molecule has 20 heavy (non-hydrogen) atoms. The maximum Gasteiger partial charge on any atom is 0.253 e. The van der Waals surface area contributed by atoms with E-state index in [0.29, 0.717) is 10.2 Å². The van der Waals surface area contributed by atoms with E-state index in [0.717, 1.165) is 24.6 Å². The molecule has 0 saturated carbocycles. The van der Waals surface area contributed by atoms with Gasteiger partial charge in [0, 0.05) is 25.1 Å². The first kappa shape index (κ1) is 14.3. The van der Waals surface area contributed by atoms with Crippen molar-refractivity contribution in [1.29, 1.82) is 0 Å². The van der Waals surface area contributed by atoms with Crippen LogP contribution < -0.4 is 16.6 Å². The SMILES string of the molecule is CCNc1cc(Sc2nc(N)cc(=O)[nH]2)nc(CC)n1. The molecule has 8 heteroatoms. The summed E-state index contributed by atoms with van der Waals surface area (Å²) in [5.74, 6) is 1.68. The normalized spacial score (nSPS) is 10.5. The lowest BCUT2D eigenvalue weighted by atomic mass is 10.4. The van der Waals surface area contributed by atoms with E-state index in [1.165, 1.54) is 17.8 Å². The van der Waals surface area contributed by atoms with Gasteiger partial charge in [-0.15, -0.1) is 0 Å². The highest BCUT2D eigenvalue weighted by molar-refractivity contribution is 7.99. The maximum absolute atomic E-state index is 11.4. The third-order valence-corrected chi connectivity index (χ3v) is 3.17. The van der Waals surface area contributed by atoms with Gasteiger partial charge in [0.05, 0.1) is 0 Å². The molecule has 2 aromatic rings. The van der Waals surface area contributed by atoms with E-state index < -0.39 is 0 Å². The number of nitrogens with one attached hydrogen (secondary N) is 2. The average Bonchev–Trinajstić information content (AvgIpc) is 2.37. The molecule has 2 aromatic heterocycles. The van der Waals surface area contributed by atoms with Crippen molar-refractivity contribution in [3.05, 3.63) is 28.3 Å². The summed E-state index contributed by atoms with van der Waals surface area (Å²) >= 11 is 1.25. The molecule has 0 unspecified atom stereocenters. The fraction of sp³-hybridized carbons (Fsp3) is 0.333. The molecular weight excluding hydrogens is 276 g/mol. The molecule has 0 saturated heterocycles. The van der Waals surface area contributed by atoms with Gasteiger partial charge in [-0.25, -0.2) is 15.0 Å². The fourth-order valence-corrected chi connectivity index (χ4v) is 2.38. The number of nitrogen functional groups attached to an aromatic ring is 1. The summed E-state index contributed by atoms with van der Waals surface area (Å²) in [4.78, 5) is 26.8. The van der Waals surface area contributed by atoms with Gasteiger partial charge in [-0.2, -0.15) is 0 Å². The largest absolute Gasteiger partial charge is 0.383 e. The minimum absolute atomic E-state index is 0.188. The monoisotopic (exact) mass is 292 g/mol. The Morgan fingerprint density at radius 2 is 2.10 bits per heavy atom. The van der Waals surface area contributed by atoms with Crippen molar-refractivity contribution in [3.8, 4) is 0 Å². The Hall–Kier alpha value is -2.09. The molecule has 0 spiro atoms. The lowest BCUT2D eigenvalue weighted by molar-refractivity contribution is 0.879. The Labute approximate surface area is 120 Å². The minimum atomic E-state index is -0.281. The van der Waals surface area contributed by atoms with Crippen molar-refractivity contribution in [2.45, 2.75) is 30.5 Å². The second-order valence-corrected chi connectivity index (χ2v) is 4.98. The van der Waals surface area contributed by atoms with E-state index in [9.17, 15) is 4.79 Å². The molecule has 4 N–H and O–H groups in total. The molecule has 0 aliphatic rings. The number of hydrogen-bond acceptors (Lipinski definition) is 7. The first-order chi connectivity index (χ1) is 9.60. The van der Waals surface area contributed by atoms with Gasteiger partial charge < -0.3 is 16.0 Å². The van der Waals surface area contributed by atoms with Crippen LogP contribution in [0.25, 0.3) is 0 Å². The summed E-state index contributed by atoms with van der Waals surface area (Å²) in [6.45, 7) is 4.76. The zero-order valence-corrected chi connectivity index (χ0v) is 12.1. The molecule has 0 aliphatic heterocycles. The minimum Gasteiger partial charge on any atom is -0.383 e. The van der Waals surface area contributed by atoms with Gasteiger partial charge in [0.1, 0.15) is 22.5 Å². The highest BCUT2D eigenvalue weighted by Gasteiger charge is 2.07. The Bertz CT molecular complexity index is 657. The zero-order chi connectivity index (χ0) is 14.5. The molecular formula is C12H16N6OS.